The van der Waals surface area contributed by atoms with Gasteiger partial charge in [0.2, 0.25) is 0 Å². The van der Waals surface area contributed by atoms with Crippen molar-refractivity contribution in [1.82, 2.24) is 0 Å². The minimum Gasteiger partial charge on any atom is -0.484 e. The molecule has 0 amide bonds. The number of benzene rings is 1. The maximum absolute atomic E-state index is 11.9. The topological polar surface area (TPSA) is 21.3 Å². The van der Waals surface area contributed by atoms with Gasteiger partial charge in [-0.25, -0.2) is 0 Å². The van der Waals surface area contributed by atoms with Crippen LogP contribution in [0, 0.1) is 0 Å². The zero-order chi connectivity index (χ0) is 10.9. The molecule has 0 unspecified atom stereocenters. The summed E-state index contributed by atoms with van der Waals surface area (Å²) in [7, 11) is 0. The van der Waals surface area contributed by atoms with E-state index in [1.165, 1.54) is 0 Å². The van der Waals surface area contributed by atoms with Crippen molar-refractivity contribution in [3.8, 4) is 5.75 Å². The first-order chi connectivity index (χ1) is 7.04. The molecule has 1 aliphatic rings. The molecule has 1 aliphatic heterocycles. The van der Waals surface area contributed by atoms with Crippen LogP contribution in [0.25, 0.3) is 0 Å². The molecule has 1 aromatic rings. The van der Waals surface area contributed by atoms with Crippen molar-refractivity contribution in [1.29, 1.82) is 0 Å². The van der Waals surface area contributed by atoms with Gasteiger partial charge in [-0.1, -0.05) is 0 Å². The van der Waals surface area contributed by atoms with Gasteiger partial charge in [-0.2, -0.15) is 13.2 Å². The van der Waals surface area contributed by atoms with E-state index in [0.717, 1.165) is 24.2 Å². The van der Waals surface area contributed by atoms with E-state index in [4.69, 9.17) is 0 Å². The Morgan fingerprint density at radius 3 is 2.87 bits per heavy atom. The number of halogens is 3. The molecule has 5 heteroatoms. The van der Waals surface area contributed by atoms with Crippen LogP contribution in [0.4, 0.5) is 18.9 Å². The van der Waals surface area contributed by atoms with Gasteiger partial charge in [0, 0.05) is 12.2 Å². The Labute approximate surface area is 85.0 Å². The first-order valence-corrected chi connectivity index (χ1v) is 4.61. The van der Waals surface area contributed by atoms with Gasteiger partial charge in [-0.15, -0.1) is 0 Å². The van der Waals surface area contributed by atoms with Crippen LogP contribution in [0.3, 0.4) is 0 Å². The molecule has 0 fully saturated rings. The molecule has 0 spiro atoms. The minimum atomic E-state index is -4.28. The van der Waals surface area contributed by atoms with Crippen LogP contribution in [0.1, 0.15) is 5.56 Å². The second-order valence-corrected chi connectivity index (χ2v) is 3.40. The summed E-state index contributed by atoms with van der Waals surface area (Å²) in [6.07, 6.45) is -3.45. The normalized spacial score (nSPS) is 14.6. The number of ether oxygens (including phenoxy) is 1. The average Bonchev–Trinajstić information content (AvgIpc) is 2.60. The summed E-state index contributed by atoms with van der Waals surface area (Å²) < 4.78 is 40.3. The predicted octanol–water partition coefficient (Wildman–Crippen LogP) is 2.60. The van der Waals surface area contributed by atoms with Crippen molar-refractivity contribution >= 4 is 5.69 Å². The number of fused-ring (bicyclic) bond motifs is 1. The molecule has 2 rings (SSSR count). The van der Waals surface area contributed by atoms with E-state index in [2.05, 4.69) is 10.1 Å². The Balaban J connectivity index is 2.04. The Morgan fingerprint density at radius 2 is 2.13 bits per heavy atom. The van der Waals surface area contributed by atoms with Crippen molar-refractivity contribution in [3.63, 3.8) is 0 Å². The van der Waals surface area contributed by atoms with Crippen LogP contribution >= 0.6 is 0 Å². The van der Waals surface area contributed by atoms with Crippen LogP contribution in [0.5, 0.6) is 5.75 Å². The number of rotatable bonds is 2. The zero-order valence-corrected chi connectivity index (χ0v) is 7.90. The third-order valence-electron chi connectivity index (χ3n) is 2.19. The quantitative estimate of drug-likeness (QED) is 0.822. The van der Waals surface area contributed by atoms with Crippen molar-refractivity contribution in [2.75, 3.05) is 18.5 Å². The van der Waals surface area contributed by atoms with Crippen LogP contribution < -0.4 is 10.1 Å². The van der Waals surface area contributed by atoms with E-state index < -0.39 is 12.8 Å². The fourth-order valence-electron chi connectivity index (χ4n) is 1.54. The highest BCUT2D eigenvalue weighted by Gasteiger charge is 2.28. The Kier molecular flexibility index (Phi) is 2.46. The maximum Gasteiger partial charge on any atom is 0.422 e. The summed E-state index contributed by atoms with van der Waals surface area (Å²) in [4.78, 5) is 0. The molecule has 0 aromatic heterocycles. The van der Waals surface area contributed by atoms with Gasteiger partial charge >= 0.3 is 6.18 Å². The van der Waals surface area contributed by atoms with E-state index in [1.54, 1.807) is 18.2 Å². The molecule has 0 bridgehead atoms. The van der Waals surface area contributed by atoms with Gasteiger partial charge in [-0.3, -0.25) is 0 Å². The Bertz CT molecular complexity index is 362. The fraction of sp³-hybridized carbons (Fsp3) is 0.400. The second kappa shape index (κ2) is 3.64. The van der Waals surface area contributed by atoms with E-state index in [9.17, 15) is 13.2 Å². The molecule has 1 aromatic carbocycles. The van der Waals surface area contributed by atoms with Crippen LogP contribution in [-0.4, -0.2) is 19.3 Å². The minimum absolute atomic E-state index is 0.273. The molecule has 0 atom stereocenters. The standard InChI is InChI=1S/C10H10F3NO/c11-10(12,13)6-15-8-1-2-9-7(5-8)3-4-14-9/h1-2,5,14H,3-4,6H2. The van der Waals surface area contributed by atoms with E-state index >= 15 is 0 Å². The van der Waals surface area contributed by atoms with Gasteiger partial charge in [0.05, 0.1) is 0 Å². The second-order valence-electron chi connectivity index (χ2n) is 3.40. The number of hydrogen-bond donors (Lipinski definition) is 1. The summed E-state index contributed by atoms with van der Waals surface area (Å²) in [6.45, 7) is -0.405. The third kappa shape index (κ3) is 2.55. The fourth-order valence-corrected chi connectivity index (χ4v) is 1.54. The number of anilines is 1. The SMILES string of the molecule is FC(F)(F)COc1ccc2c(c1)CCN2. The zero-order valence-electron chi connectivity index (χ0n) is 7.90. The maximum atomic E-state index is 11.9. The van der Waals surface area contributed by atoms with Gasteiger partial charge in [0.1, 0.15) is 5.75 Å². The van der Waals surface area contributed by atoms with Crippen molar-refractivity contribution in [2.24, 2.45) is 0 Å². The summed E-state index contributed by atoms with van der Waals surface area (Å²) in [6, 6.07) is 4.94. The first-order valence-electron chi connectivity index (χ1n) is 4.61. The highest BCUT2D eigenvalue weighted by molar-refractivity contribution is 5.57. The molecule has 1 heterocycles. The van der Waals surface area contributed by atoms with Crippen LogP contribution in [0.15, 0.2) is 18.2 Å². The van der Waals surface area contributed by atoms with Crippen molar-refractivity contribution < 1.29 is 17.9 Å². The monoisotopic (exact) mass is 217 g/mol. The average molecular weight is 217 g/mol. The molecule has 0 aliphatic carbocycles. The lowest BCUT2D eigenvalue weighted by Crippen LogP contribution is -2.19. The summed E-state index contributed by atoms with van der Waals surface area (Å²) >= 11 is 0. The molecule has 2 nitrogen and oxygen atoms in total. The molecule has 0 saturated carbocycles. The molecule has 15 heavy (non-hydrogen) atoms. The molecular weight excluding hydrogens is 207 g/mol. The van der Waals surface area contributed by atoms with Gasteiger partial charge in [0.25, 0.3) is 0 Å². The highest BCUT2D eigenvalue weighted by atomic mass is 19.4. The third-order valence-corrected chi connectivity index (χ3v) is 2.19. The van der Waals surface area contributed by atoms with Crippen LogP contribution in [0.2, 0.25) is 0 Å². The molecule has 0 radical (unpaired) electrons. The van der Waals surface area contributed by atoms with Crippen LogP contribution in [-0.2, 0) is 6.42 Å². The lowest BCUT2D eigenvalue weighted by Gasteiger charge is -2.10. The largest absolute Gasteiger partial charge is 0.484 e. The highest BCUT2D eigenvalue weighted by Crippen LogP contribution is 2.27. The summed E-state index contributed by atoms with van der Waals surface area (Å²) in [5.41, 5.74) is 1.99. The van der Waals surface area contributed by atoms with Gasteiger partial charge in [-0.05, 0) is 30.2 Å². The number of alkyl halides is 3. The Morgan fingerprint density at radius 1 is 1.33 bits per heavy atom. The molecule has 0 saturated heterocycles. The summed E-state index contributed by atoms with van der Waals surface area (Å²) in [5.74, 6) is 0.273. The van der Waals surface area contributed by atoms with Crippen molar-refractivity contribution in [2.45, 2.75) is 12.6 Å². The summed E-state index contributed by atoms with van der Waals surface area (Å²) in [5, 5.41) is 3.12. The number of hydrogen-bond acceptors (Lipinski definition) is 2. The lowest BCUT2D eigenvalue weighted by molar-refractivity contribution is -0.153. The molecular formula is C10H10F3NO. The lowest BCUT2D eigenvalue weighted by atomic mass is 10.1. The first kappa shape index (κ1) is 10.1. The smallest absolute Gasteiger partial charge is 0.422 e. The van der Waals surface area contributed by atoms with E-state index in [1.807, 2.05) is 0 Å². The van der Waals surface area contributed by atoms with E-state index in [-0.39, 0.29) is 5.75 Å². The Hall–Kier alpha value is -1.39. The van der Waals surface area contributed by atoms with E-state index in [0.29, 0.717) is 0 Å². The number of nitrogens with one attached hydrogen (secondary N) is 1. The molecule has 82 valence electrons. The molecule has 1 N–H and O–H groups in total. The van der Waals surface area contributed by atoms with Gasteiger partial charge < -0.3 is 10.1 Å². The van der Waals surface area contributed by atoms with Gasteiger partial charge in [0.15, 0.2) is 6.61 Å². The van der Waals surface area contributed by atoms with Crippen molar-refractivity contribution in [3.05, 3.63) is 23.8 Å². The predicted molar refractivity (Wildman–Crippen MR) is 50.2 cm³/mol.